The maximum absolute atomic E-state index is 12.7. The SMILES string of the molecule is Cc1c(C(=O)OC(C)C)sc(NC(=O)C=Cc2ccc(C(C)C)cc2)c1C(=O)OC(C)C. The van der Waals surface area contributed by atoms with Crippen molar-refractivity contribution in [3.8, 4) is 0 Å². The third kappa shape index (κ3) is 6.79. The van der Waals surface area contributed by atoms with Gasteiger partial charge in [-0.1, -0.05) is 38.1 Å². The number of carbonyl (C=O) groups excluding carboxylic acids is 3. The summed E-state index contributed by atoms with van der Waals surface area (Å²) >= 11 is 1.01. The molecule has 172 valence electrons. The van der Waals surface area contributed by atoms with Crippen LogP contribution in [0, 0.1) is 6.92 Å². The summed E-state index contributed by atoms with van der Waals surface area (Å²) < 4.78 is 10.6. The lowest BCUT2D eigenvalue weighted by molar-refractivity contribution is -0.111. The van der Waals surface area contributed by atoms with E-state index in [0.29, 0.717) is 11.5 Å². The molecule has 0 fully saturated rings. The maximum atomic E-state index is 12.7. The summed E-state index contributed by atoms with van der Waals surface area (Å²) in [6.45, 7) is 12.8. The van der Waals surface area contributed by atoms with Crippen LogP contribution in [0.25, 0.3) is 6.08 Å². The number of anilines is 1. The van der Waals surface area contributed by atoms with Crippen LogP contribution in [-0.2, 0) is 14.3 Å². The van der Waals surface area contributed by atoms with Gasteiger partial charge in [0.25, 0.3) is 0 Å². The molecule has 2 rings (SSSR count). The number of hydrogen-bond donors (Lipinski definition) is 1. The van der Waals surface area contributed by atoms with Crippen LogP contribution >= 0.6 is 11.3 Å². The molecule has 0 aliphatic heterocycles. The van der Waals surface area contributed by atoms with E-state index in [1.807, 2.05) is 24.3 Å². The van der Waals surface area contributed by atoms with Gasteiger partial charge in [-0.05, 0) is 63.3 Å². The summed E-state index contributed by atoms with van der Waals surface area (Å²) in [6.07, 6.45) is 2.44. The zero-order valence-corrected chi connectivity index (χ0v) is 20.5. The molecule has 0 radical (unpaired) electrons. The van der Waals surface area contributed by atoms with Gasteiger partial charge in [-0.2, -0.15) is 0 Å². The fourth-order valence-electron chi connectivity index (χ4n) is 2.90. The lowest BCUT2D eigenvalue weighted by atomic mass is 10.0. The molecule has 2 aromatic rings. The molecule has 32 heavy (non-hydrogen) atoms. The summed E-state index contributed by atoms with van der Waals surface area (Å²) in [5.74, 6) is -1.12. The molecule has 0 aliphatic carbocycles. The third-order valence-corrected chi connectivity index (χ3v) is 5.68. The highest BCUT2D eigenvalue weighted by molar-refractivity contribution is 7.18. The van der Waals surface area contributed by atoms with Crippen LogP contribution in [0.2, 0.25) is 0 Å². The molecule has 0 aliphatic rings. The fourth-order valence-corrected chi connectivity index (χ4v) is 3.98. The molecule has 0 atom stereocenters. The van der Waals surface area contributed by atoms with E-state index in [2.05, 4.69) is 19.2 Å². The second kappa shape index (κ2) is 11.1. The van der Waals surface area contributed by atoms with Gasteiger partial charge >= 0.3 is 11.9 Å². The minimum absolute atomic E-state index is 0.169. The number of ether oxygens (including phenoxy) is 2. The third-order valence-electron chi connectivity index (χ3n) is 4.49. The number of rotatable bonds is 8. The summed E-state index contributed by atoms with van der Waals surface area (Å²) in [5.41, 5.74) is 2.69. The molecule has 7 heteroatoms. The van der Waals surface area contributed by atoms with Crippen molar-refractivity contribution in [2.24, 2.45) is 0 Å². The smallest absolute Gasteiger partial charge is 0.348 e. The number of nitrogens with one attached hydrogen (secondary N) is 1. The normalized spacial score (nSPS) is 11.4. The summed E-state index contributed by atoms with van der Waals surface area (Å²) in [7, 11) is 0. The van der Waals surface area contributed by atoms with E-state index < -0.39 is 17.8 Å². The number of amides is 1. The quantitative estimate of drug-likeness (QED) is 0.390. The molecule has 6 nitrogen and oxygen atoms in total. The Morgan fingerprint density at radius 1 is 0.906 bits per heavy atom. The van der Waals surface area contributed by atoms with E-state index in [-0.39, 0.29) is 27.6 Å². The molecule has 1 amide bonds. The van der Waals surface area contributed by atoms with Crippen molar-refractivity contribution in [2.75, 3.05) is 5.32 Å². The van der Waals surface area contributed by atoms with Gasteiger partial charge in [0.05, 0.1) is 17.8 Å². The standard InChI is InChI=1S/C25H31NO5S/c1-14(2)19-11-8-18(9-12-19)10-13-20(27)26-23-21(24(28)30-15(3)4)17(7)22(32-23)25(29)31-16(5)6/h8-16H,1-7H3,(H,26,27). The lowest BCUT2D eigenvalue weighted by Gasteiger charge is -2.10. The minimum Gasteiger partial charge on any atom is -0.459 e. The van der Waals surface area contributed by atoms with Crippen molar-refractivity contribution in [3.63, 3.8) is 0 Å². The average Bonchev–Trinajstić information content (AvgIpc) is 3.01. The number of esters is 2. The molecule has 0 bridgehead atoms. The van der Waals surface area contributed by atoms with Gasteiger partial charge in [-0.15, -0.1) is 11.3 Å². The van der Waals surface area contributed by atoms with Crippen LogP contribution in [0.3, 0.4) is 0 Å². The number of thiophene rings is 1. The molecule has 1 aromatic carbocycles. The molecular weight excluding hydrogens is 426 g/mol. The Labute approximate surface area is 193 Å². The van der Waals surface area contributed by atoms with Crippen LogP contribution in [-0.4, -0.2) is 30.1 Å². The van der Waals surface area contributed by atoms with Crippen LogP contribution < -0.4 is 5.32 Å². The Morgan fingerprint density at radius 2 is 1.47 bits per heavy atom. The maximum Gasteiger partial charge on any atom is 0.348 e. The fraction of sp³-hybridized carbons (Fsp3) is 0.400. The average molecular weight is 458 g/mol. The van der Waals surface area contributed by atoms with Crippen molar-refractivity contribution in [3.05, 3.63) is 57.5 Å². The number of benzene rings is 1. The molecule has 1 heterocycles. The highest BCUT2D eigenvalue weighted by Gasteiger charge is 2.28. The Kier molecular flexibility index (Phi) is 8.78. The first-order valence-corrected chi connectivity index (χ1v) is 11.5. The highest BCUT2D eigenvalue weighted by Crippen LogP contribution is 2.34. The number of carbonyl (C=O) groups is 3. The second-order valence-corrected chi connectivity index (χ2v) is 9.33. The predicted molar refractivity (Wildman–Crippen MR) is 128 cm³/mol. The first kappa shape index (κ1) is 25.3. The summed E-state index contributed by atoms with van der Waals surface area (Å²) in [5, 5.41) is 2.98. The summed E-state index contributed by atoms with van der Waals surface area (Å²) in [6, 6.07) is 7.94. The zero-order valence-electron chi connectivity index (χ0n) is 19.6. The van der Waals surface area contributed by atoms with Crippen molar-refractivity contribution in [1.82, 2.24) is 0 Å². The van der Waals surface area contributed by atoms with Gasteiger partial charge in [0, 0.05) is 6.08 Å². The molecule has 0 saturated carbocycles. The van der Waals surface area contributed by atoms with E-state index in [9.17, 15) is 14.4 Å². The second-order valence-electron chi connectivity index (χ2n) is 8.31. The van der Waals surface area contributed by atoms with Gasteiger partial charge < -0.3 is 14.8 Å². The lowest BCUT2D eigenvalue weighted by Crippen LogP contribution is -2.16. The van der Waals surface area contributed by atoms with Gasteiger partial charge in [0.2, 0.25) is 5.91 Å². The Morgan fingerprint density at radius 3 is 2.00 bits per heavy atom. The van der Waals surface area contributed by atoms with Gasteiger partial charge in [0.15, 0.2) is 0 Å². The molecule has 0 saturated heterocycles. The van der Waals surface area contributed by atoms with Crippen molar-refractivity contribution >= 4 is 40.3 Å². The van der Waals surface area contributed by atoms with Crippen molar-refractivity contribution in [2.45, 2.75) is 66.6 Å². The Hall–Kier alpha value is -2.93. The predicted octanol–water partition coefficient (Wildman–Crippen LogP) is 5.96. The highest BCUT2D eigenvalue weighted by atomic mass is 32.1. The van der Waals surface area contributed by atoms with Crippen molar-refractivity contribution < 1.29 is 23.9 Å². The largest absolute Gasteiger partial charge is 0.459 e. The van der Waals surface area contributed by atoms with Crippen LogP contribution in [0.5, 0.6) is 0 Å². The van der Waals surface area contributed by atoms with Gasteiger partial charge in [-0.25, -0.2) is 9.59 Å². The minimum atomic E-state index is -0.596. The van der Waals surface area contributed by atoms with Crippen LogP contribution in [0.4, 0.5) is 5.00 Å². The van der Waals surface area contributed by atoms with Crippen LogP contribution in [0.1, 0.15) is 84.2 Å². The first-order valence-electron chi connectivity index (χ1n) is 10.6. The Balaban J connectivity index is 2.28. The zero-order chi connectivity index (χ0) is 24.0. The summed E-state index contributed by atoms with van der Waals surface area (Å²) in [4.78, 5) is 38.0. The van der Waals surface area contributed by atoms with E-state index in [0.717, 1.165) is 16.9 Å². The van der Waals surface area contributed by atoms with Crippen LogP contribution in [0.15, 0.2) is 30.3 Å². The molecule has 0 unspecified atom stereocenters. The van der Waals surface area contributed by atoms with E-state index >= 15 is 0 Å². The molecule has 0 spiro atoms. The Bertz CT molecular complexity index is 1000. The number of hydrogen-bond acceptors (Lipinski definition) is 6. The molecule has 1 aromatic heterocycles. The molecule has 1 N–H and O–H groups in total. The van der Waals surface area contributed by atoms with Crippen molar-refractivity contribution in [1.29, 1.82) is 0 Å². The van der Waals surface area contributed by atoms with Gasteiger partial charge in [0.1, 0.15) is 9.88 Å². The van der Waals surface area contributed by atoms with Gasteiger partial charge in [-0.3, -0.25) is 4.79 Å². The monoisotopic (exact) mass is 457 g/mol. The molecular formula is C25H31NO5S. The first-order chi connectivity index (χ1) is 15.0. The van der Waals surface area contributed by atoms with E-state index in [4.69, 9.17) is 9.47 Å². The van der Waals surface area contributed by atoms with E-state index in [1.54, 1.807) is 40.7 Å². The topological polar surface area (TPSA) is 81.7 Å². The van der Waals surface area contributed by atoms with E-state index in [1.165, 1.54) is 11.6 Å².